The molecule has 1 fully saturated rings. The van der Waals surface area contributed by atoms with Crippen LogP contribution in [-0.4, -0.2) is 46.5 Å². The van der Waals surface area contributed by atoms with Gasteiger partial charge in [0.2, 0.25) is 5.91 Å². The van der Waals surface area contributed by atoms with Crippen LogP contribution in [0, 0.1) is 0 Å². The highest BCUT2D eigenvalue weighted by molar-refractivity contribution is 5.77. The Morgan fingerprint density at radius 2 is 2.07 bits per heavy atom. The molecule has 1 aliphatic heterocycles. The zero-order chi connectivity index (χ0) is 19.9. The van der Waals surface area contributed by atoms with Crippen molar-refractivity contribution in [2.24, 2.45) is 0 Å². The Labute approximate surface area is 170 Å². The van der Waals surface area contributed by atoms with Gasteiger partial charge in [-0.1, -0.05) is 48.5 Å². The molecule has 0 bridgehead atoms. The third-order valence-corrected chi connectivity index (χ3v) is 5.00. The Hall–Kier alpha value is -3.03. The zero-order valence-corrected chi connectivity index (χ0v) is 16.3. The smallest absolute Gasteiger partial charge is 0.221 e. The van der Waals surface area contributed by atoms with Crippen LogP contribution in [0.15, 0.2) is 61.2 Å². The van der Waals surface area contributed by atoms with E-state index in [1.807, 2.05) is 12.1 Å². The number of carbonyl (C=O) groups is 1. The zero-order valence-electron chi connectivity index (χ0n) is 16.3. The third kappa shape index (κ3) is 5.28. The second-order valence-electron chi connectivity index (χ2n) is 7.15. The Morgan fingerprint density at radius 1 is 1.21 bits per heavy atom. The van der Waals surface area contributed by atoms with E-state index in [2.05, 4.69) is 57.1 Å². The molecule has 1 aromatic heterocycles. The van der Waals surface area contributed by atoms with Crippen molar-refractivity contribution in [2.45, 2.75) is 25.6 Å². The normalized spacial score (nSPS) is 16.5. The third-order valence-electron chi connectivity index (χ3n) is 5.00. The van der Waals surface area contributed by atoms with Crippen LogP contribution in [0.25, 0.3) is 11.1 Å². The lowest BCUT2D eigenvalue weighted by molar-refractivity contribution is -0.122. The van der Waals surface area contributed by atoms with Gasteiger partial charge in [0.05, 0.1) is 19.8 Å². The van der Waals surface area contributed by atoms with Gasteiger partial charge in [-0.3, -0.25) is 4.79 Å². The van der Waals surface area contributed by atoms with Crippen molar-refractivity contribution in [3.63, 3.8) is 0 Å². The summed E-state index contributed by atoms with van der Waals surface area (Å²) in [5, 5.41) is 10.5. The molecule has 150 valence electrons. The van der Waals surface area contributed by atoms with Gasteiger partial charge in [0.1, 0.15) is 12.7 Å². The van der Waals surface area contributed by atoms with Gasteiger partial charge in [-0.05, 0) is 22.3 Å². The van der Waals surface area contributed by atoms with Gasteiger partial charge in [0.15, 0.2) is 0 Å². The Bertz CT molecular complexity index is 919. The predicted molar refractivity (Wildman–Crippen MR) is 110 cm³/mol. The van der Waals surface area contributed by atoms with E-state index >= 15 is 0 Å². The van der Waals surface area contributed by atoms with Gasteiger partial charge in [-0.2, -0.15) is 5.10 Å². The summed E-state index contributed by atoms with van der Waals surface area (Å²) in [4.78, 5) is 16.3. The maximum atomic E-state index is 12.3. The molecule has 3 aromatic rings. The number of nitrogens with one attached hydrogen (secondary N) is 2. The fourth-order valence-corrected chi connectivity index (χ4v) is 3.49. The number of morpholine rings is 1. The number of hydrogen-bond acceptors (Lipinski definition) is 5. The summed E-state index contributed by atoms with van der Waals surface area (Å²) in [5.41, 5.74) is 4.50. The number of ether oxygens (including phenoxy) is 1. The Balaban J connectivity index is 1.39. The summed E-state index contributed by atoms with van der Waals surface area (Å²) in [6.45, 7) is 3.29. The summed E-state index contributed by atoms with van der Waals surface area (Å²) in [6.07, 6.45) is 3.68. The molecule has 29 heavy (non-hydrogen) atoms. The molecule has 1 amide bonds. The molecule has 0 spiro atoms. The molecule has 0 aliphatic carbocycles. The van der Waals surface area contributed by atoms with Crippen LogP contribution in [-0.2, 0) is 22.6 Å². The Morgan fingerprint density at radius 3 is 2.83 bits per heavy atom. The average molecular weight is 391 g/mol. The van der Waals surface area contributed by atoms with E-state index in [0.29, 0.717) is 32.7 Å². The Kier molecular flexibility index (Phi) is 6.29. The molecule has 2 N–H and O–H groups in total. The first kappa shape index (κ1) is 19.3. The molecule has 2 aromatic carbocycles. The topological polar surface area (TPSA) is 81.1 Å². The maximum absolute atomic E-state index is 12.3. The number of rotatable bonds is 7. The molecule has 7 heteroatoms. The van der Waals surface area contributed by atoms with Crippen LogP contribution in [0.4, 0.5) is 0 Å². The maximum Gasteiger partial charge on any atom is 0.221 e. The van der Waals surface area contributed by atoms with E-state index in [4.69, 9.17) is 4.74 Å². The molecule has 4 rings (SSSR count). The van der Waals surface area contributed by atoms with E-state index in [1.54, 1.807) is 11.0 Å². The lowest BCUT2D eigenvalue weighted by atomic mass is 9.98. The quantitative estimate of drug-likeness (QED) is 0.644. The van der Waals surface area contributed by atoms with Crippen molar-refractivity contribution in [3.05, 3.63) is 72.3 Å². The van der Waals surface area contributed by atoms with Crippen LogP contribution < -0.4 is 10.6 Å². The molecule has 0 radical (unpaired) electrons. The summed E-state index contributed by atoms with van der Waals surface area (Å²) in [6, 6.07) is 16.7. The van der Waals surface area contributed by atoms with Crippen LogP contribution >= 0.6 is 0 Å². The summed E-state index contributed by atoms with van der Waals surface area (Å²) in [7, 11) is 0. The van der Waals surface area contributed by atoms with Gasteiger partial charge in [0.25, 0.3) is 0 Å². The summed E-state index contributed by atoms with van der Waals surface area (Å²) >= 11 is 0. The van der Waals surface area contributed by atoms with Gasteiger partial charge in [-0.15, -0.1) is 0 Å². The number of nitrogens with zero attached hydrogens (tertiary/aromatic N) is 3. The summed E-state index contributed by atoms with van der Waals surface area (Å²) < 4.78 is 7.21. The minimum Gasteiger partial charge on any atom is -0.378 e. The van der Waals surface area contributed by atoms with Crippen molar-refractivity contribution in [3.8, 4) is 11.1 Å². The molecule has 1 unspecified atom stereocenters. The van der Waals surface area contributed by atoms with Gasteiger partial charge in [0, 0.05) is 25.6 Å². The molecule has 1 aliphatic rings. The molecule has 0 saturated carbocycles. The van der Waals surface area contributed by atoms with Crippen molar-refractivity contribution < 1.29 is 9.53 Å². The molecular formula is C22H25N5O2. The number of aromatic nitrogens is 3. The average Bonchev–Trinajstić information content (AvgIpc) is 3.27. The van der Waals surface area contributed by atoms with Crippen LogP contribution in [0.2, 0.25) is 0 Å². The fourth-order valence-electron chi connectivity index (χ4n) is 3.49. The molecular weight excluding hydrogens is 366 g/mol. The second-order valence-corrected chi connectivity index (χ2v) is 7.15. The van der Waals surface area contributed by atoms with Crippen molar-refractivity contribution >= 4 is 5.91 Å². The van der Waals surface area contributed by atoms with Gasteiger partial charge in [-0.25, -0.2) is 9.67 Å². The lowest BCUT2D eigenvalue weighted by Gasteiger charge is -2.23. The largest absolute Gasteiger partial charge is 0.378 e. The first-order chi connectivity index (χ1) is 14.3. The number of benzene rings is 2. The summed E-state index contributed by atoms with van der Waals surface area (Å²) in [5.74, 6) is 0.0333. The molecule has 2 heterocycles. The van der Waals surface area contributed by atoms with Crippen LogP contribution in [0.1, 0.15) is 17.5 Å². The first-order valence-corrected chi connectivity index (χ1v) is 9.85. The highest BCUT2D eigenvalue weighted by Gasteiger charge is 2.17. The monoisotopic (exact) mass is 391 g/mol. The number of hydrogen-bond donors (Lipinski definition) is 2. The SMILES string of the molecule is O=C(CC1COCCN1)NCc1ccccc1-c1ccc(Cn2cncn2)cc1. The highest BCUT2D eigenvalue weighted by Crippen LogP contribution is 2.24. The van der Waals surface area contributed by atoms with E-state index < -0.39 is 0 Å². The van der Waals surface area contributed by atoms with Crippen molar-refractivity contribution in [1.29, 1.82) is 0 Å². The second kappa shape index (κ2) is 9.45. The fraction of sp³-hybridized carbons (Fsp3) is 0.318. The van der Waals surface area contributed by atoms with Gasteiger partial charge < -0.3 is 15.4 Å². The van der Waals surface area contributed by atoms with E-state index in [9.17, 15) is 4.79 Å². The highest BCUT2D eigenvalue weighted by atomic mass is 16.5. The van der Waals surface area contributed by atoms with Crippen molar-refractivity contribution in [1.82, 2.24) is 25.4 Å². The van der Waals surface area contributed by atoms with Gasteiger partial charge >= 0.3 is 0 Å². The predicted octanol–water partition coefficient (Wildman–Crippen LogP) is 1.99. The minimum absolute atomic E-state index is 0.0333. The van der Waals surface area contributed by atoms with Crippen LogP contribution in [0.3, 0.4) is 0 Å². The van der Waals surface area contributed by atoms with Crippen LogP contribution in [0.5, 0.6) is 0 Å². The minimum atomic E-state index is 0.0333. The van der Waals surface area contributed by atoms with E-state index in [1.165, 1.54) is 6.33 Å². The molecule has 7 nitrogen and oxygen atoms in total. The standard InChI is InChI=1S/C22H25N5O2/c28-22(11-20-14-29-10-9-24-20)25-12-19-3-1-2-4-21(19)18-7-5-17(6-8-18)13-27-16-23-15-26-27/h1-8,15-16,20,24H,9-14H2,(H,25,28). The van der Waals surface area contributed by atoms with E-state index in [-0.39, 0.29) is 11.9 Å². The van der Waals surface area contributed by atoms with E-state index in [0.717, 1.165) is 28.8 Å². The molecule has 1 saturated heterocycles. The van der Waals surface area contributed by atoms with Crippen molar-refractivity contribution in [2.75, 3.05) is 19.8 Å². The number of carbonyl (C=O) groups excluding carboxylic acids is 1. The first-order valence-electron chi connectivity index (χ1n) is 9.85. The number of amides is 1. The molecule has 1 atom stereocenters. The lowest BCUT2D eigenvalue weighted by Crippen LogP contribution is -2.44.